The van der Waals surface area contributed by atoms with Crippen LogP contribution in [0, 0.1) is 13.8 Å². The number of nitrogens with zero attached hydrogens (tertiary/aromatic N) is 2. The second-order valence-electron chi connectivity index (χ2n) is 5.54. The number of rotatable bonds is 4. The predicted octanol–water partition coefficient (Wildman–Crippen LogP) is 2.26. The zero-order chi connectivity index (χ0) is 17.0. The highest BCUT2D eigenvalue weighted by molar-refractivity contribution is 5.97. The number of benzene rings is 1. The highest BCUT2D eigenvalue weighted by atomic mass is 16.2. The Labute approximate surface area is 136 Å². The van der Waals surface area contributed by atoms with E-state index in [1.54, 1.807) is 31.1 Å². The molecule has 0 aliphatic heterocycles. The third kappa shape index (κ3) is 3.94. The first-order valence-corrected chi connectivity index (χ1v) is 7.43. The van der Waals surface area contributed by atoms with Crippen LogP contribution in [0.2, 0.25) is 0 Å². The van der Waals surface area contributed by atoms with E-state index in [9.17, 15) is 9.59 Å². The summed E-state index contributed by atoms with van der Waals surface area (Å²) in [5.41, 5.74) is 4.18. The maximum absolute atomic E-state index is 12.5. The van der Waals surface area contributed by atoms with Gasteiger partial charge in [-0.25, -0.2) is 0 Å². The minimum absolute atomic E-state index is 0.0345. The molecule has 0 saturated carbocycles. The largest absolute Gasteiger partial charge is 0.354 e. The van der Waals surface area contributed by atoms with Crippen molar-refractivity contribution in [2.45, 2.75) is 20.3 Å². The molecule has 0 radical (unpaired) electrons. The molecule has 0 unspecified atom stereocenters. The van der Waals surface area contributed by atoms with Crippen LogP contribution in [-0.2, 0) is 11.2 Å². The molecule has 5 heteroatoms. The lowest BCUT2D eigenvalue weighted by Gasteiger charge is -2.18. The van der Waals surface area contributed by atoms with E-state index in [4.69, 9.17) is 0 Å². The number of hydrogen-bond donors (Lipinski definition) is 1. The standard InChI is InChI=1S/C18H21N3O2/c1-12-5-6-13(2)14(9-12)10-17(22)21(4)15-7-8-20-16(11-15)18(23)19-3/h5-9,11H,10H2,1-4H3,(H,19,23). The van der Waals surface area contributed by atoms with Gasteiger partial charge >= 0.3 is 0 Å². The van der Waals surface area contributed by atoms with Gasteiger partial charge in [0.15, 0.2) is 0 Å². The summed E-state index contributed by atoms with van der Waals surface area (Å²) in [6, 6.07) is 9.41. The molecule has 120 valence electrons. The summed E-state index contributed by atoms with van der Waals surface area (Å²) in [5.74, 6) is -0.310. The number of hydrogen-bond acceptors (Lipinski definition) is 3. The maximum Gasteiger partial charge on any atom is 0.269 e. The van der Waals surface area contributed by atoms with E-state index < -0.39 is 0 Å². The van der Waals surface area contributed by atoms with E-state index in [0.717, 1.165) is 16.7 Å². The monoisotopic (exact) mass is 311 g/mol. The van der Waals surface area contributed by atoms with Gasteiger partial charge in [0, 0.05) is 26.0 Å². The molecule has 0 aliphatic rings. The third-order valence-corrected chi connectivity index (χ3v) is 3.81. The first kappa shape index (κ1) is 16.7. The number of pyridine rings is 1. The van der Waals surface area contributed by atoms with Crippen molar-refractivity contribution < 1.29 is 9.59 Å². The molecule has 1 aromatic carbocycles. The Morgan fingerprint density at radius 1 is 1.17 bits per heavy atom. The summed E-state index contributed by atoms with van der Waals surface area (Å²) in [5, 5.41) is 2.53. The predicted molar refractivity (Wildman–Crippen MR) is 90.7 cm³/mol. The summed E-state index contributed by atoms with van der Waals surface area (Å²) in [6.07, 6.45) is 1.85. The number of aromatic nitrogens is 1. The van der Waals surface area contributed by atoms with Gasteiger partial charge in [0.2, 0.25) is 5.91 Å². The van der Waals surface area contributed by atoms with E-state index in [2.05, 4.69) is 10.3 Å². The maximum atomic E-state index is 12.5. The van der Waals surface area contributed by atoms with Gasteiger partial charge in [-0.05, 0) is 37.1 Å². The molecule has 1 N–H and O–H groups in total. The van der Waals surface area contributed by atoms with Crippen molar-refractivity contribution in [2.75, 3.05) is 19.0 Å². The molecule has 0 aliphatic carbocycles. The molecule has 2 rings (SSSR count). The second kappa shape index (κ2) is 7.05. The number of carbonyl (C=O) groups is 2. The number of likely N-dealkylation sites (N-methyl/N-ethyl adjacent to an activating group) is 1. The Morgan fingerprint density at radius 3 is 2.61 bits per heavy atom. The number of aryl methyl sites for hydroxylation is 2. The SMILES string of the molecule is CNC(=O)c1cc(N(C)C(=O)Cc2cc(C)ccc2C)ccn1. The summed E-state index contributed by atoms with van der Waals surface area (Å²) in [7, 11) is 3.25. The third-order valence-electron chi connectivity index (χ3n) is 3.81. The van der Waals surface area contributed by atoms with Crippen LogP contribution in [0.3, 0.4) is 0 Å². The van der Waals surface area contributed by atoms with Gasteiger partial charge in [-0.2, -0.15) is 0 Å². The number of amides is 2. The summed E-state index contributed by atoms with van der Waals surface area (Å²) in [6.45, 7) is 4.01. The van der Waals surface area contributed by atoms with Crippen LogP contribution in [0.5, 0.6) is 0 Å². The Bertz CT molecular complexity index is 741. The first-order chi connectivity index (χ1) is 10.9. The van der Waals surface area contributed by atoms with Crippen molar-refractivity contribution in [1.82, 2.24) is 10.3 Å². The van der Waals surface area contributed by atoms with Crippen molar-refractivity contribution >= 4 is 17.5 Å². The summed E-state index contributed by atoms with van der Waals surface area (Å²) in [4.78, 5) is 29.7. The van der Waals surface area contributed by atoms with Crippen molar-refractivity contribution in [3.05, 3.63) is 58.9 Å². The Hall–Kier alpha value is -2.69. The lowest BCUT2D eigenvalue weighted by Crippen LogP contribution is -2.29. The fourth-order valence-electron chi connectivity index (χ4n) is 2.30. The second-order valence-corrected chi connectivity index (χ2v) is 5.54. The first-order valence-electron chi connectivity index (χ1n) is 7.43. The Morgan fingerprint density at radius 2 is 1.91 bits per heavy atom. The average molecular weight is 311 g/mol. The van der Waals surface area contributed by atoms with Gasteiger partial charge in [0.05, 0.1) is 6.42 Å². The van der Waals surface area contributed by atoms with Gasteiger partial charge in [-0.1, -0.05) is 23.8 Å². The molecule has 1 aromatic heterocycles. The van der Waals surface area contributed by atoms with E-state index in [-0.39, 0.29) is 17.5 Å². The van der Waals surface area contributed by atoms with E-state index in [1.165, 1.54) is 6.20 Å². The van der Waals surface area contributed by atoms with Crippen molar-refractivity contribution in [3.63, 3.8) is 0 Å². The molecule has 0 fully saturated rings. The molecule has 0 bridgehead atoms. The molecular formula is C18H21N3O2. The molecule has 23 heavy (non-hydrogen) atoms. The zero-order valence-corrected chi connectivity index (χ0v) is 13.9. The molecule has 0 atom stereocenters. The highest BCUT2D eigenvalue weighted by Crippen LogP contribution is 2.17. The van der Waals surface area contributed by atoms with Gasteiger partial charge in [0.25, 0.3) is 5.91 Å². The van der Waals surface area contributed by atoms with Crippen LogP contribution in [0.1, 0.15) is 27.2 Å². The average Bonchev–Trinajstić information content (AvgIpc) is 2.56. The number of carbonyl (C=O) groups excluding carboxylic acids is 2. The fourth-order valence-corrected chi connectivity index (χ4v) is 2.30. The highest BCUT2D eigenvalue weighted by Gasteiger charge is 2.15. The van der Waals surface area contributed by atoms with E-state index in [0.29, 0.717) is 12.1 Å². The molecular weight excluding hydrogens is 290 g/mol. The fraction of sp³-hybridized carbons (Fsp3) is 0.278. The van der Waals surface area contributed by atoms with Crippen LogP contribution in [-0.4, -0.2) is 30.9 Å². The lowest BCUT2D eigenvalue weighted by molar-refractivity contribution is -0.117. The summed E-state index contributed by atoms with van der Waals surface area (Å²) < 4.78 is 0. The molecule has 2 amide bonds. The van der Waals surface area contributed by atoms with Crippen molar-refractivity contribution in [1.29, 1.82) is 0 Å². The molecule has 1 heterocycles. The summed E-state index contributed by atoms with van der Waals surface area (Å²) >= 11 is 0. The lowest BCUT2D eigenvalue weighted by atomic mass is 10.0. The Kier molecular flexibility index (Phi) is 5.11. The normalized spacial score (nSPS) is 10.3. The van der Waals surface area contributed by atoms with E-state index >= 15 is 0 Å². The molecule has 0 spiro atoms. The number of anilines is 1. The van der Waals surface area contributed by atoms with Crippen LogP contribution in [0.4, 0.5) is 5.69 Å². The molecule has 5 nitrogen and oxygen atoms in total. The van der Waals surface area contributed by atoms with Crippen molar-refractivity contribution in [2.24, 2.45) is 0 Å². The topological polar surface area (TPSA) is 62.3 Å². The van der Waals surface area contributed by atoms with Gasteiger partial charge in [-0.15, -0.1) is 0 Å². The van der Waals surface area contributed by atoms with Crippen LogP contribution < -0.4 is 10.2 Å². The minimum atomic E-state index is -0.276. The minimum Gasteiger partial charge on any atom is -0.354 e. The van der Waals surface area contributed by atoms with Gasteiger partial charge in [-0.3, -0.25) is 14.6 Å². The van der Waals surface area contributed by atoms with Gasteiger partial charge < -0.3 is 10.2 Å². The van der Waals surface area contributed by atoms with Crippen LogP contribution in [0.25, 0.3) is 0 Å². The molecule has 2 aromatic rings. The van der Waals surface area contributed by atoms with Gasteiger partial charge in [0.1, 0.15) is 5.69 Å². The van der Waals surface area contributed by atoms with Crippen LogP contribution >= 0.6 is 0 Å². The number of nitrogens with one attached hydrogen (secondary N) is 1. The Balaban J connectivity index is 2.19. The zero-order valence-electron chi connectivity index (χ0n) is 13.9. The molecule has 0 saturated heterocycles. The van der Waals surface area contributed by atoms with E-state index in [1.807, 2.05) is 32.0 Å². The van der Waals surface area contributed by atoms with Crippen LogP contribution in [0.15, 0.2) is 36.5 Å². The smallest absolute Gasteiger partial charge is 0.269 e. The van der Waals surface area contributed by atoms with Crippen molar-refractivity contribution in [3.8, 4) is 0 Å². The quantitative estimate of drug-likeness (QED) is 0.942.